The van der Waals surface area contributed by atoms with Gasteiger partial charge in [-0.1, -0.05) is 18.6 Å². The average Bonchev–Trinajstić information content (AvgIpc) is 3.50. The summed E-state index contributed by atoms with van der Waals surface area (Å²) in [6.07, 6.45) is 6.64. The third-order valence-electron chi connectivity index (χ3n) is 5.27. The molecule has 0 spiro atoms. The molecule has 2 fully saturated rings. The molecule has 1 aliphatic heterocycles. The van der Waals surface area contributed by atoms with Crippen LogP contribution in [0, 0.1) is 5.92 Å². The predicted molar refractivity (Wildman–Crippen MR) is 119 cm³/mol. The number of hydrogen-bond acceptors (Lipinski definition) is 3. The summed E-state index contributed by atoms with van der Waals surface area (Å²) < 4.78 is 5.31. The van der Waals surface area contributed by atoms with Crippen LogP contribution in [0.15, 0.2) is 29.3 Å². The lowest BCUT2D eigenvalue weighted by Crippen LogP contribution is -2.44. The number of halogens is 1. The summed E-state index contributed by atoms with van der Waals surface area (Å²) >= 11 is 0. The number of methoxy groups -OCH3 is 1. The zero-order valence-electron chi connectivity index (χ0n) is 16.0. The number of aliphatic imine (C=N–C) groups is 1. The van der Waals surface area contributed by atoms with Crippen molar-refractivity contribution in [2.24, 2.45) is 10.9 Å². The molecule has 1 aromatic carbocycles. The SMILES string of the molecule is CN=C(NCC1CC1)NCC(c1ccc(OC)cc1)N1CCCCC1.I. The van der Waals surface area contributed by atoms with Crippen LogP contribution in [0.4, 0.5) is 0 Å². The van der Waals surface area contributed by atoms with Gasteiger partial charge in [0.2, 0.25) is 0 Å². The molecule has 1 aromatic rings. The second-order valence-electron chi connectivity index (χ2n) is 7.16. The first-order chi connectivity index (χ1) is 12.3. The number of nitrogens with one attached hydrogen (secondary N) is 2. The maximum absolute atomic E-state index is 5.31. The number of nitrogens with zero attached hydrogens (tertiary/aromatic N) is 2. The lowest BCUT2D eigenvalue weighted by Gasteiger charge is -2.35. The molecule has 0 radical (unpaired) electrons. The van der Waals surface area contributed by atoms with E-state index in [2.05, 4.69) is 44.8 Å². The Balaban J connectivity index is 0.00000243. The van der Waals surface area contributed by atoms with Gasteiger partial charge in [-0.3, -0.25) is 9.89 Å². The van der Waals surface area contributed by atoms with E-state index in [9.17, 15) is 0 Å². The standard InChI is InChI=1S/C20H32N4O.HI/c1-21-20(22-14-16-6-7-16)23-15-19(24-12-4-3-5-13-24)17-8-10-18(25-2)11-9-17;/h8-11,16,19H,3-7,12-15H2,1-2H3,(H2,21,22,23);1H. The average molecular weight is 472 g/mol. The Morgan fingerprint density at radius 3 is 2.42 bits per heavy atom. The van der Waals surface area contributed by atoms with E-state index >= 15 is 0 Å². The summed E-state index contributed by atoms with van der Waals surface area (Å²) in [5, 5.41) is 7.00. The molecular weight excluding hydrogens is 439 g/mol. The van der Waals surface area contributed by atoms with Crippen molar-refractivity contribution in [3.05, 3.63) is 29.8 Å². The maximum atomic E-state index is 5.31. The normalized spacial score (nSPS) is 19.4. The van der Waals surface area contributed by atoms with E-state index in [-0.39, 0.29) is 24.0 Å². The summed E-state index contributed by atoms with van der Waals surface area (Å²) in [6, 6.07) is 8.88. The fourth-order valence-corrected chi connectivity index (χ4v) is 3.49. The highest BCUT2D eigenvalue weighted by atomic mass is 127. The summed E-state index contributed by atoms with van der Waals surface area (Å²) in [5.41, 5.74) is 1.34. The molecule has 146 valence electrons. The molecule has 1 saturated heterocycles. The number of rotatable bonds is 7. The highest BCUT2D eigenvalue weighted by Gasteiger charge is 2.24. The van der Waals surface area contributed by atoms with Crippen LogP contribution in [-0.2, 0) is 0 Å². The molecule has 2 aliphatic rings. The highest BCUT2D eigenvalue weighted by molar-refractivity contribution is 14.0. The molecule has 1 saturated carbocycles. The molecule has 2 N–H and O–H groups in total. The third-order valence-corrected chi connectivity index (χ3v) is 5.27. The minimum absolute atomic E-state index is 0. The zero-order chi connectivity index (χ0) is 17.5. The van der Waals surface area contributed by atoms with Crippen molar-refractivity contribution in [2.45, 2.75) is 38.1 Å². The molecule has 0 amide bonds. The monoisotopic (exact) mass is 472 g/mol. The van der Waals surface area contributed by atoms with Gasteiger partial charge in [0.05, 0.1) is 13.2 Å². The fraction of sp³-hybridized carbons (Fsp3) is 0.650. The summed E-state index contributed by atoms with van der Waals surface area (Å²) in [6.45, 7) is 4.26. The molecule has 0 aromatic heterocycles. The first kappa shape index (κ1) is 21.3. The number of hydrogen-bond donors (Lipinski definition) is 2. The highest BCUT2D eigenvalue weighted by Crippen LogP contribution is 2.28. The molecule has 3 rings (SSSR count). The number of guanidine groups is 1. The van der Waals surface area contributed by atoms with Crippen LogP contribution < -0.4 is 15.4 Å². The Morgan fingerprint density at radius 1 is 1.15 bits per heavy atom. The molecule has 1 unspecified atom stereocenters. The van der Waals surface area contributed by atoms with Gasteiger partial charge in [0.25, 0.3) is 0 Å². The Hall–Kier alpha value is -1.02. The Morgan fingerprint density at radius 2 is 1.85 bits per heavy atom. The van der Waals surface area contributed by atoms with Gasteiger partial charge in [-0.05, 0) is 62.4 Å². The van der Waals surface area contributed by atoms with Gasteiger partial charge in [0, 0.05) is 20.1 Å². The lowest BCUT2D eigenvalue weighted by atomic mass is 10.0. The first-order valence-corrected chi connectivity index (χ1v) is 9.62. The van der Waals surface area contributed by atoms with Gasteiger partial charge in [-0.15, -0.1) is 24.0 Å². The molecule has 26 heavy (non-hydrogen) atoms. The van der Waals surface area contributed by atoms with Crippen molar-refractivity contribution >= 4 is 29.9 Å². The molecular formula is C20H33IN4O. The molecule has 1 atom stereocenters. The van der Waals surface area contributed by atoms with Crippen LogP contribution in [0.25, 0.3) is 0 Å². The lowest BCUT2D eigenvalue weighted by molar-refractivity contribution is 0.164. The van der Waals surface area contributed by atoms with E-state index in [1.807, 2.05) is 7.05 Å². The van der Waals surface area contributed by atoms with Gasteiger partial charge < -0.3 is 15.4 Å². The van der Waals surface area contributed by atoms with Crippen LogP contribution in [0.2, 0.25) is 0 Å². The summed E-state index contributed by atoms with van der Waals surface area (Å²) in [5.74, 6) is 2.68. The van der Waals surface area contributed by atoms with Gasteiger partial charge in [0.1, 0.15) is 5.75 Å². The maximum Gasteiger partial charge on any atom is 0.191 e. The number of benzene rings is 1. The van der Waals surface area contributed by atoms with Crippen molar-refractivity contribution in [1.29, 1.82) is 0 Å². The van der Waals surface area contributed by atoms with E-state index in [4.69, 9.17) is 4.74 Å². The van der Waals surface area contributed by atoms with Gasteiger partial charge in [-0.25, -0.2) is 0 Å². The fourth-order valence-electron chi connectivity index (χ4n) is 3.49. The van der Waals surface area contributed by atoms with E-state index in [0.29, 0.717) is 6.04 Å². The third kappa shape index (κ3) is 6.30. The van der Waals surface area contributed by atoms with E-state index in [1.165, 1.54) is 50.8 Å². The van der Waals surface area contributed by atoms with Gasteiger partial charge in [0.15, 0.2) is 5.96 Å². The van der Waals surface area contributed by atoms with Crippen LogP contribution in [-0.4, -0.2) is 51.2 Å². The number of ether oxygens (including phenoxy) is 1. The number of likely N-dealkylation sites (tertiary alicyclic amines) is 1. The van der Waals surface area contributed by atoms with Crippen LogP contribution in [0.5, 0.6) is 5.75 Å². The molecule has 1 aliphatic carbocycles. The quantitative estimate of drug-likeness (QED) is 0.363. The van der Waals surface area contributed by atoms with E-state index < -0.39 is 0 Å². The van der Waals surface area contributed by atoms with Crippen molar-refractivity contribution < 1.29 is 4.74 Å². The largest absolute Gasteiger partial charge is 0.497 e. The number of piperidine rings is 1. The summed E-state index contributed by atoms with van der Waals surface area (Å²) in [7, 11) is 3.57. The smallest absolute Gasteiger partial charge is 0.191 e. The second kappa shape index (κ2) is 11.0. The Kier molecular flexibility index (Phi) is 8.98. The van der Waals surface area contributed by atoms with Crippen molar-refractivity contribution in [3.63, 3.8) is 0 Å². The topological polar surface area (TPSA) is 48.9 Å². The second-order valence-corrected chi connectivity index (χ2v) is 7.16. The molecule has 0 bridgehead atoms. The zero-order valence-corrected chi connectivity index (χ0v) is 18.4. The van der Waals surface area contributed by atoms with Crippen molar-refractivity contribution in [1.82, 2.24) is 15.5 Å². The Bertz CT molecular complexity index is 553. The predicted octanol–water partition coefficient (Wildman–Crippen LogP) is 3.42. The van der Waals surface area contributed by atoms with Gasteiger partial charge >= 0.3 is 0 Å². The van der Waals surface area contributed by atoms with E-state index in [0.717, 1.165) is 30.7 Å². The molecule has 5 nitrogen and oxygen atoms in total. The van der Waals surface area contributed by atoms with Gasteiger partial charge in [-0.2, -0.15) is 0 Å². The minimum atomic E-state index is 0. The first-order valence-electron chi connectivity index (χ1n) is 9.62. The van der Waals surface area contributed by atoms with Crippen molar-refractivity contribution in [2.75, 3.05) is 40.3 Å². The minimum Gasteiger partial charge on any atom is -0.497 e. The Labute approximate surface area is 175 Å². The van der Waals surface area contributed by atoms with E-state index in [1.54, 1.807) is 7.11 Å². The molecule has 6 heteroatoms. The van der Waals surface area contributed by atoms with Crippen molar-refractivity contribution in [3.8, 4) is 5.75 Å². The van der Waals surface area contributed by atoms with Crippen LogP contribution in [0.1, 0.15) is 43.7 Å². The molecule has 1 heterocycles. The summed E-state index contributed by atoms with van der Waals surface area (Å²) in [4.78, 5) is 6.99. The van der Waals surface area contributed by atoms with Crippen LogP contribution >= 0.6 is 24.0 Å². The van der Waals surface area contributed by atoms with Crippen LogP contribution in [0.3, 0.4) is 0 Å².